The van der Waals surface area contributed by atoms with E-state index in [9.17, 15) is 4.79 Å². The highest BCUT2D eigenvalue weighted by molar-refractivity contribution is 5.89. The van der Waals surface area contributed by atoms with Crippen molar-refractivity contribution in [3.63, 3.8) is 0 Å². The van der Waals surface area contributed by atoms with E-state index in [4.69, 9.17) is 14.6 Å². The predicted octanol–water partition coefficient (Wildman–Crippen LogP) is 3.64. The number of hydrogen-bond acceptors (Lipinski definition) is 5. The van der Waals surface area contributed by atoms with Gasteiger partial charge in [-0.05, 0) is 24.3 Å². The molecule has 3 rings (SSSR count). The number of para-hydroxylation sites is 2. The van der Waals surface area contributed by atoms with Crippen LogP contribution in [0.25, 0.3) is 11.3 Å². The maximum atomic E-state index is 11.1. The minimum absolute atomic E-state index is 0.193. The molecule has 0 atom stereocenters. The Morgan fingerprint density at radius 1 is 1.00 bits per heavy atom. The van der Waals surface area contributed by atoms with Crippen molar-refractivity contribution < 1.29 is 19.4 Å². The third kappa shape index (κ3) is 3.33. The van der Waals surface area contributed by atoms with Crippen LogP contribution in [-0.2, 0) is 0 Å². The zero-order valence-corrected chi connectivity index (χ0v) is 12.8. The Labute approximate surface area is 138 Å². The van der Waals surface area contributed by atoms with E-state index in [2.05, 4.69) is 9.97 Å². The van der Waals surface area contributed by atoms with Crippen LogP contribution < -0.4 is 9.47 Å². The first kappa shape index (κ1) is 15.5. The molecule has 0 bridgehead atoms. The molecular formula is C18H14N2O4. The molecule has 6 heteroatoms. The molecule has 0 fully saturated rings. The van der Waals surface area contributed by atoms with Crippen LogP contribution in [0.1, 0.15) is 10.4 Å². The molecular weight excluding hydrogens is 308 g/mol. The van der Waals surface area contributed by atoms with Crippen molar-refractivity contribution in [2.24, 2.45) is 0 Å². The molecule has 1 heterocycles. The molecule has 1 N–H and O–H groups in total. The molecule has 0 spiro atoms. The Balaban J connectivity index is 1.92. The molecule has 0 aliphatic carbocycles. The van der Waals surface area contributed by atoms with E-state index in [-0.39, 0.29) is 5.56 Å². The van der Waals surface area contributed by atoms with Crippen molar-refractivity contribution in [1.82, 2.24) is 9.97 Å². The molecule has 0 unspecified atom stereocenters. The first-order valence-corrected chi connectivity index (χ1v) is 7.14. The van der Waals surface area contributed by atoms with Gasteiger partial charge in [0.05, 0.1) is 18.4 Å². The van der Waals surface area contributed by atoms with Gasteiger partial charge >= 0.3 is 5.97 Å². The molecule has 2 aromatic carbocycles. The summed E-state index contributed by atoms with van der Waals surface area (Å²) in [5, 5.41) is 9.09. The molecule has 0 amide bonds. The Morgan fingerprint density at radius 2 is 1.79 bits per heavy atom. The van der Waals surface area contributed by atoms with Gasteiger partial charge in [0.1, 0.15) is 6.33 Å². The average molecular weight is 322 g/mol. The van der Waals surface area contributed by atoms with E-state index in [1.807, 2.05) is 12.1 Å². The second-order valence-corrected chi connectivity index (χ2v) is 4.88. The molecule has 1 aromatic heterocycles. The summed E-state index contributed by atoms with van der Waals surface area (Å²) in [6.07, 6.45) is 1.37. The van der Waals surface area contributed by atoms with Crippen LogP contribution in [0.15, 0.2) is 60.9 Å². The van der Waals surface area contributed by atoms with Gasteiger partial charge in [-0.1, -0.05) is 24.3 Å². The average Bonchev–Trinajstić information content (AvgIpc) is 2.62. The number of carboxylic acid groups (broad SMARTS) is 1. The van der Waals surface area contributed by atoms with Gasteiger partial charge < -0.3 is 14.6 Å². The van der Waals surface area contributed by atoms with Gasteiger partial charge in [0.2, 0.25) is 5.88 Å². The summed E-state index contributed by atoms with van der Waals surface area (Å²) in [5.74, 6) is 0.469. The van der Waals surface area contributed by atoms with Gasteiger partial charge in [-0.15, -0.1) is 0 Å². The summed E-state index contributed by atoms with van der Waals surface area (Å²) in [6, 6.07) is 15.4. The lowest BCUT2D eigenvalue weighted by atomic mass is 10.1. The Kier molecular flexibility index (Phi) is 4.38. The van der Waals surface area contributed by atoms with Gasteiger partial charge in [-0.25, -0.2) is 14.8 Å². The summed E-state index contributed by atoms with van der Waals surface area (Å²) < 4.78 is 11.0. The number of carbonyl (C=O) groups is 1. The molecule has 0 saturated heterocycles. The minimum Gasteiger partial charge on any atom is -0.493 e. The number of hydrogen-bond donors (Lipinski definition) is 1. The normalized spacial score (nSPS) is 10.2. The molecule has 24 heavy (non-hydrogen) atoms. The van der Waals surface area contributed by atoms with Crippen LogP contribution >= 0.6 is 0 Å². The number of carboxylic acids is 1. The van der Waals surface area contributed by atoms with Crippen LogP contribution in [0.2, 0.25) is 0 Å². The third-order valence-electron chi connectivity index (χ3n) is 3.33. The number of aromatic nitrogens is 2. The van der Waals surface area contributed by atoms with Gasteiger partial charge in [-0.2, -0.15) is 0 Å². The van der Waals surface area contributed by atoms with Crippen LogP contribution in [-0.4, -0.2) is 28.2 Å². The predicted molar refractivity (Wildman–Crippen MR) is 87.5 cm³/mol. The highest BCUT2D eigenvalue weighted by Crippen LogP contribution is 2.31. The van der Waals surface area contributed by atoms with E-state index in [0.29, 0.717) is 28.6 Å². The van der Waals surface area contributed by atoms with Crippen molar-refractivity contribution in [3.05, 3.63) is 66.5 Å². The van der Waals surface area contributed by atoms with Gasteiger partial charge in [0.25, 0.3) is 0 Å². The van der Waals surface area contributed by atoms with Crippen molar-refractivity contribution >= 4 is 5.97 Å². The number of benzene rings is 2. The van der Waals surface area contributed by atoms with Gasteiger partial charge in [0, 0.05) is 11.6 Å². The van der Waals surface area contributed by atoms with Crippen molar-refractivity contribution in [2.45, 2.75) is 0 Å². The number of nitrogens with zero attached hydrogens (tertiary/aromatic N) is 2. The van der Waals surface area contributed by atoms with Crippen LogP contribution in [0.4, 0.5) is 0 Å². The summed E-state index contributed by atoms with van der Waals surface area (Å²) in [5.41, 5.74) is 1.43. The largest absolute Gasteiger partial charge is 0.493 e. The zero-order chi connectivity index (χ0) is 16.9. The SMILES string of the molecule is COc1ccccc1Oc1cc(-c2cccc(C(=O)O)c2)ncn1. The summed E-state index contributed by atoms with van der Waals surface area (Å²) in [4.78, 5) is 19.4. The minimum atomic E-state index is -0.989. The van der Waals surface area contributed by atoms with Crippen LogP contribution in [0, 0.1) is 0 Å². The molecule has 0 aliphatic rings. The topological polar surface area (TPSA) is 81.5 Å². The first-order chi connectivity index (χ1) is 11.7. The molecule has 0 aliphatic heterocycles. The Morgan fingerprint density at radius 3 is 2.54 bits per heavy atom. The van der Waals surface area contributed by atoms with Gasteiger partial charge in [0.15, 0.2) is 11.5 Å². The fourth-order valence-corrected chi connectivity index (χ4v) is 2.18. The summed E-state index contributed by atoms with van der Waals surface area (Å²) in [7, 11) is 1.56. The first-order valence-electron chi connectivity index (χ1n) is 7.14. The second-order valence-electron chi connectivity index (χ2n) is 4.88. The Hall–Kier alpha value is -3.41. The van der Waals surface area contributed by atoms with Crippen LogP contribution in [0.5, 0.6) is 17.4 Å². The molecule has 6 nitrogen and oxygen atoms in total. The summed E-state index contributed by atoms with van der Waals surface area (Å²) in [6.45, 7) is 0. The van der Waals surface area contributed by atoms with E-state index >= 15 is 0 Å². The fourth-order valence-electron chi connectivity index (χ4n) is 2.18. The number of aromatic carboxylic acids is 1. The van der Waals surface area contributed by atoms with E-state index in [0.717, 1.165) is 0 Å². The highest BCUT2D eigenvalue weighted by atomic mass is 16.5. The van der Waals surface area contributed by atoms with Crippen molar-refractivity contribution in [3.8, 4) is 28.6 Å². The lowest BCUT2D eigenvalue weighted by Gasteiger charge is -2.09. The lowest BCUT2D eigenvalue weighted by molar-refractivity contribution is 0.0697. The summed E-state index contributed by atoms with van der Waals surface area (Å²) >= 11 is 0. The maximum Gasteiger partial charge on any atom is 0.335 e. The molecule has 120 valence electrons. The quantitative estimate of drug-likeness (QED) is 0.772. The standard InChI is InChI=1S/C18H14N2O4/c1-23-15-7-2-3-8-16(15)24-17-10-14(19-11-20-17)12-5-4-6-13(9-12)18(21)22/h2-11H,1H3,(H,21,22). The van der Waals surface area contributed by atoms with Crippen molar-refractivity contribution in [1.29, 1.82) is 0 Å². The number of rotatable bonds is 5. The molecule has 0 saturated carbocycles. The van der Waals surface area contributed by atoms with E-state index in [1.165, 1.54) is 12.4 Å². The number of methoxy groups -OCH3 is 1. The highest BCUT2D eigenvalue weighted by Gasteiger charge is 2.09. The third-order valence-corrected chi connectivity index (χ3v) is 3.33. The van der Waals surface area contributed by atoms with Gasteiger partial charge in [-0.3, -0.25) is 0 Å². The van der Waals surface area contributed by atoms with Crippen molar-refractivity contribution in [2.75, 3.05) is 7.11 Å². The Bertz CT molecular complexity index is 880. The maximum absolute atomic E-state index is 11.1. The molecule has 3 aromatic rings. The lowest BCUT2D eigenvalue weighted by Crippen LogP contribution is -1.97. The smallest absolute Gasteiger partial charge is 0.335 e. The van der Waals surface area contributed by atoms with E-state index < -0.39 is 5.97 Å². The number of ether oxygens (including phenoxy) is 2. The van der Waals surface area contributed by atoms with Crippen LogP contribution in [0.3, 0.4) is 0 Å². The zero-order valence-electron chi connectivity index (χ0n) is 12.8. The second kappa shape index (κ2) is 6.78. The monoisotopic (exact) mass is 322 g/mol. The molecule has 0 radical (unpaired) electrons. The fraction of sp³-hybridized carbons (Fsp3) is 0.0556. The van der Waals surface area contributed by atoms with E-state index in [1.54, 1.807) is 43.5 Å².